The first-order valence-corrected chi connectivity index (χ1v) is 8.34. The van der Waals surface area contributed by atoms with E-state index >= 15 is 0 Å². The monoisotopic (exact) mass is 322 g/mol. The van der Waals surface area contributed by atoms with Gasteiger partial charge in [-0.1, -0.05) is 28.4 Å². The number of rotatable bonds is 3. The van der Waals surface area contributed by atoms with Gasteiger partial charge >= 0.3 is 0 Å². The van der Waals surface area contributed by atoms with Crippen LogP contribution in [0.2, 0.25) is 0 Å². The summed E-state index contributed by atoms with van der Waals surface area (Å²) < 4.78 is 1.22. The first-order chi connectivity index (χ1) is 9.29. The Balaban J connectivity index is 1.83. The molecular formula is C16H23BrN2. The summed E-state index contributed by atoms with van der Waals surface area (Å²) in [5.41, 5.74) is 8.37. The van der Waals surface area contributed by atoms with Gasteiger partial charge in [0, 0.05) is 22.7 Å². The van der Waals surface area contributed by atoms with Gasteiger partial charge in [-0.25, -0.2) is 0 Å². The lowest BCUT2D eigenvalue weighted by Crippen LogP contribution is -2.42. The molecule has 1 aliphatic carbocycles. The molecule has 2 fully saturated rings. The molecule has 0 aromatic heterocycles. The van der Waals surface area contributed by atoms with Crippen LogP contribution in [0.25, 0.3) is 0 Å². The van der Waals surface area contributed by atoms with Crippen molar-refractivity contribution in [1.82, 2.24) is 0 Å². The second-order valence-electron chi connectivity index (χ2n) is 5.91. The van der Waals surface area contributed by atoms with Gasteiger partial charge in [-0.05, 0) is 62.3 Å². The van der Waals surface area contributed by atoms with Gasteiger partial charge in [0.2, 0.25) is 0 Å². The molecule has 2 unspecified atom stereocenters. The predicted octanol–water partition coefficient (Wildman–Crippen LogP) is 3.72. The molecule has 0 spiro atoms. The molecule has 3 rings (SSSR count). The lowest BCUT2D eigenvalue weighted by molar-refractivity contribution is 0.362. The van der Waals surface area contributed by atoms with E-state index in [0.717, 1.165) is 18.4 Å². The van der Waals surface area contributed by atoms with Crippen molar-refractivity contribution in [3.05, 3.63) is 28.2 Å². The maximum Gasteiger partial charge on any atom is 0.0380 e. The Morgan fingerprint density at radius 1 is 1.21 bits per heavy atom. The maximum atomic E-state index is 5.65. The Morgan fingerprint density at radius 3 is 2.84 bits per heavy atom. The quantitative estimate of drug-likeness (QED) is 0.919. The molecule has 1 aromatic carbocycles. The number of hydrogen-bond acceptors (Lipinski definition) is 2. The number of piperidine rings is 1. The van der Waals surface area contributed by atoms with Crippen LogP contribution in [0.5, 0.6) is 0 Å². The van der Waals surface area contributed by atoms with E-state index in [9.17, 15) is 0 Å². The van der Waals surface area contributed by atoms with Gasteiger partial charge in [-0.2, -0.15) is 0 Å². The molecule has 0 radical (unpaired) electrons. The van der Waals surface area contributed by atoms with Crippen molar-refractivity contribution in [3.63, 3.8) is 0 Å². The highest BCUT2D eigenvalue weighted by Gasteiger charge is 2.35. The fraction of sp³-hybridized carbons (Fsp3) is 0.625. The van der Waals surface area contributed by atoms with Crippen LogP contribution >= 0.6 is 15.9 Å². The van der Waals surface area contributed by atoms with E-state index in [1.165, 1.54) is 54.4 Å². The van der Waals surface area contributed by atoms with Gasteiger partial charge in [0.15, 0.2) is 0 Å². The fourth-order valence-electron chi connectivity index (χ4n) is 3.85. The normalized spacial score (nSPS) is 26.5. The van der Waals surface area contributed by atoms with Gasteiger partial charge in [0.05, 0.1) is 0 Å². The summed E-state index contributed by atoms with van der Waals surface area (Å²) >= 11 is 3.71. The van der Waals surface area contributed by atoms with E-state index in [4.69, 9.17) is 5.73 Å². The predicted molar refractivity (Wildman–Crippen MR) is 84.6 cm³/mol. The van der Waals surface area contributed by atoms with Crippen molar-refractivity contribution in [2.24, 2.45) is 11.7 Å². The molecule has 2 N–H and O–H groups in total. The van der Waals surface area contributed by atoms with Crippen LogP contribution in [0.1, 0.15) is 37.7 Å². The summed E-state index contributed by atoms with van der Waals surface area (Å²) in [6.45, 7) is 1.94. The van der Waals surface area contributed by atoms with Crippen LogP contribution in [0.3, 0.4) is 0 Å². The topological polar surface area (TPSA) is 29.3 Å². The Labute approximate surface area is 124 Å². The minimum absolute atomic E-state index is 0.715. The molecule has 1 aromatic rings. The molecule has 0 amide bonds. The number of anilines is 1. The Kier molecular flexibility index (Phi) is 4.13. The van der Waals surface area contributed by atoms with Crippen molar-refractivity contribution in [2.45, 2.75) is 44.6 Å². The molecule has 2 nitrogen and oxygen atoms in total. The second kappa shape index (κ2) is 5.84. The molecule has 3 heteroatoms. The zero-order chi connectivity index (χ0) is 13.2. The Hall–Kier alpha value is -0.540. The number of fused-ring (bicyclic) bond motifs is 1. The van der Waals surface area contributed by atoms with Gasteiger partial charge in [-0.15, -0.1) is 0 Å². The summed E-state index contributed by atoms with van der Waals surface area (Å²) in [5.74, 6) is 0.941. The highest BCUT2D eigenvalue weighted by molar-refractivity contribution is 9.10. The van der Waals surface area contributed by atoms with Crippen molar-refractivity contribution < 1.29 is 0 Å². The molecule has 2 aliphatic rings. The van der Waals surface area contributed by atoms with Crippen LogP contribution in [0.15, 0.2) is 22.7 Å². The van der Waals surface area contributed by atoms with Gasteiger partial charge < -0.3 is 10.6 Å². The van der Waals surface area contributed by atoms with Gasteiger partial charge in [0.25, 0.3) is 0 Å². The molecule has 1 aliphatic heterocycles. The van der Waals surface area contributed by atoms with Crippen molar-refractivity contribution in [2.75, 3.05) is 18.0 Å². The van der Waals surface area contributed by atoms with Crippen LogP contribution in [-0.2, 0) is 6.42 Å². The highest BCUT2D eigenvalue weighted by atomic mass is 79.9. The second-order valence-corrected chi connectivity index (χ2v) is 6.76. The van der Waals surface area contributed by atoms with Gasteiger partial charge in [-0.3, -0.25) is 0 Å². The smallest absolute Gasteiger partial charge is 0.0380 e. The van der Waals surface area contributed by atoms with E-state index in [2.05, 4.69) is 39.0 Å². The first kappa shape index (κ1) is 13.4. The van der Waals surface area contributed by atoms with Crippen molar-refractivity contribution in [3.8, 4) is 0 Å². The number of nitrogens with two attached hydrogens (primary N) is 1. The van der Waals surface area contributed by atoms with E-state index in [1.54, 1.807) is 0 Å². The molecule has 1 saturated carbocycles. The van der Waals surface area contributed by atoms with E-state index < -0.39 is 0 Å². The minimum Gasteiger partial charge on any atom is -0.368 e. The lowest BCUT2D eigenvalue weighted by Gasteiger charge is -2.39. The maximum absolute atomic E-state index is 5.65. The van der Waals surface area contributed by atoms with Crippen LogP contribution in [0.4, 0.5) is 5.69 Å². The first-order valence-electron chi connectivity index (χ1n) is 7.54. The van der Waals surface area contributed by atoms with Crippen LogP contribution in [0, 0.1) is 5.92 Å². The average molecular weight is 323 g/mol. The molecule has 1 heterocycles. The Morgan fingerprint density at radius 2 is 2.05 bits per heavy atom. The molecule has 19 heavy (non-hydrogen) atoms. The average Bonchev–Trinajstić information content (AvgIpc) is 2.89. The van der Waals surface area contributed by atoms with E-state index in [0.29, 0.717) is 6.54 Å². The van der Waals surface area contributed by atoms with Crippen molar-refractivity contribution >= 4 is 21.6 Å². The van der Waals surface area contributed by atoms with Crippen LogP contribution < -0.4 is 10.6 Å². The summed E-state index contributed by atoms with van der Waals surface area (Å²) in [6.07, 6.45) is 7.97. The van der Waals surface area contributed by atoms with Crippen LogP contribution in [-0.4, -0.2) is 19.1 Å². The largest absolute Gasteiger partial charge is 0.368 e. The SMILES string of the molecule is NCCc1ccc(N2CCCC3CCCC32)cc1Br. The molecule has 1 saturated heterocycles. The van der Waals surface area contributed by atoms with E-state index in [1.807, 2.05) is 0 Å². The van der Waals surface area contributed by atoms with Crippen molar-refractivity contribution in [1.29, 1.82) is 0 Å². The third-order valence-electron chi connectivity index (χ3n) is 4.78. The highest BCUT2D eigenvalue weighted by Crippen LogP contribution is 2.39. The minimum atomic E-state index is 0.715. The number of hydrogen-bond donors (Lipinski definition) is 1. The number of nitrogens with zero attached hydrogens (tertiary/aromatic N) is 1. The zero-order valence-corrected chi connectivity index (χ0v) is 13.0. The summed E-state index contributed by atoms with van der Waals surface area (Å²) in [5, 5.41) is 0. The Bertz CT molecular complexity index is 446. The molecule has 2 atom stereocenters. The number of halogens is 1. The standard InChI is InChI=1S/C16H23BrN2/c17-15-11-14(7-6-12(15)8-9-18)19-10-2-4-13-3-1-5-16(13)19/h6-7,11,13,16H,1-5,8-10,18H2. The summed E-state index contributed by atoms with van der Waals surface area (Å²) in [6, 6.07) is 7.62. The third-order valence-corrected chi connectivity index (χ3v) is 5.51. The summed E-state index contributed by atoms with van der Waals surface area (Å²) in [7, 11) is 0. The third kappa shape index (κ3) is 2.68. The fourth-order valence-corrected chi connectivity index (χ4v) is 4.41. The van der Waals surface area contributed by atoms with Gasteiger partial charge in [0.1, 0.15) is 0 Å². The summed E-state index contributed by atoms with van der Waals surface area (Å²) in [4.78, 5) is 2.65. The number of benzene rings is 1. The lowest BCUT2D eigenvalue weighted by atomic mass is 9.91. The molecule has 104 valence electrons. The van der Waals surface area contributed by atoms with E-state index in [-0.39, 0.29) is 0 Å². The molecule has 0 bridgehead atoms. The molecular weight excluding hydrogens is 300 g/mol. The zero-order valence-electron chi connectivity index (χ0n) is 11.4.